The molecule has 0 fully saturated rings. The lowest BCUT2D eigenvalue weighted by molar-refractivity contribution is -0.141. The van der Waals surface area contributed by atoms with Crippen molar-refractivity contribution < 1.29 is 31.9 Å². The van der Waals surface area contributed by atoms with Gasteiger partial charge in [0.25, 0.3) is 0 Å². The van der Waals surface area contributed by atoms with Gasteiger partial charge >= 0.3 is 0 Å². The van der Waals surface area contributed by atoms with Crippen molar-refractivity contribution in [2.45, 2.75) is 32.1 Å². The van der Waals surface area contributed by atoms with E-state index in [0.29, 0.717) is 22.6 Å². The van der Waals surface area contributed by atoms with E-state index in [1.807, 2.05) is 42.5 Å². The summed E-state index contributed by atoms with van der Waals surface area (Å²) in [5, 5.41) is 2.94. The van der Waals surface area contributed by atoms with Crippen molar-refractivity contribution in [3.05, 3.63) is 131 Å². The average Bonchev–Trinajstić information content (AvgIpc) is 3.51. The van der Waals surface area contributed by atoms with Crippen LogP contribution in [0.1, 0.15) is 22.3 Å². The fraction of sp³-hybridized carbons (Fsp3) is 0.235. The van der Waals surface area contributed by atoms with Gasteiger partial charge in [0, 0.05) is 26.1 Å². The van der Waals surface area contributed by atoms with Gasteiger partial charge in [0.15, 0.2) is 11.5 Å². The first-order valence-electron chi connectivity index (χ1n) is 14.4. The lowest BCUT2D eigenvalue weighted by Gasteiger charge is -2.33. The minimum Gasteiger partial charge on any atom is -0.454 e. The monoisotopic (exact) mass is 631 g/mol. The minimum absolute atomic E-state index is 0.0184. The van der Waals surface area contributed by atoms with Crippen molar-refractivity contribution in [2.24, 2.45) is 0 Å². The zero-order valence-electron chi connectivity index (χ0n) is 24.8. The van der Waals surface area contributed by atoms with Crippen LogP contribution < -0.4 is 14.8 Å². The van der Waals surface area contributed by atoms with Crippen LogP contribution in [0.2, 0.25) is 0 Å². The molecule has 1 aliphatic heterocycles. The number of ether oxygens (including phenoxy) is 2. The van der Waals surface area contributed by atoms with E-state index in [2.05, 4.69) is 5.32 Å². The van der Waals surface area contributed by atoms with Gasteiger partial charge in [-0.15, -0.1) is 0 Å². The van der Waals surface area contributed by atoms with Crippen LogP contribution in [0.4, 0.5) is 4.39 Å². The van der Waals surface area contributed by atoms with Crippen LogP contribution in [0, 0.1) is 5.82 Å². The second-order valence-corrected chi connectivity index (χ2v) is 12.8. The highest BCUT2D eigenvalue weighted by atomic mass is 32.2. The molecule has 9 nitrogen and oxygen atoms in total. The number of nitrogens with zero attached hydrogens (tertiary/aromatic N) is 2. The molecule has 2 amide bonds. The molecule has 1 heterocycles. The Kier molecular flexibility index (Phi) is 10.1. The molecule has 1 unspecified atom stereocenters. The topological polar surface area (TPSA) is 105 Å². The average molecular weight is 632 g/mol. The van der Waals surface area contributed by atoms with Gasteiger partial charge in [0.05, 0.1) is 12.8 Å². The highest BCUT2D eigenvalue weighted by molar-refractivity contribution is 7.88. The highest BCUT2D eigenvalue weighted by Gasteiger charge is 2.33. The second kappa shape index (κ2) is 14.4. The van der Waals surface area contributed by atoms with E-state index in [0.717, 1.165) is 21.7 Å². The summed E-state index contributed by atoms with van der Waals surface area (Å²) in [5.41, 5.74) is 2.87. The van der Waals surface area contributed by atoms with Crippen LogP contribution in [0.3, 0.4) is 0 Å². The van der Waals surface area contributed by atoms with Crippen molar-refractivity contribution in [2.75, 3.05) is 19.6 Å². The maximum atomic E-state index is 14.1. The molecule has 0 aromatic heterocycles. The molecule has 0 bridgehead atoms. The molecule has 5 rings (SSSR count). The number of rotatable bonds is 13. The van der Waals surface area contributed by atoms with Crippen molar-refractivity contribution in [1.82, 2.24) is 14.5 Å². The Morgan fingerprint density at radius 3 is 2.07 bits per heavy atom. The number of nitrogens with one attached hydrogen (secondary N) is 1. The lowest BCUT2D eigenvalue weighted by atomic mass is 10.0. The Labute approximate surface area is 262 Å². The summed E-state index contributed by atoms with van der Waals surface area (Å²) in [7, 11) is -3.81. The maximum absolute atomic E-state index is 14.1. The Bertz CT molecular complexity index is 1720. The van der Waals surface area contributed by atoms with Gasteiger partial charge in [-0.3, -0.25) is 9.59 Å². The van der Waals surface area contributed by atoms with E-state index in [1.54, 1.807) is 36.4 Å². The molecular formula is C34H34FN3O6S. The first kappa shape index (κ1) is 31.7. The number of sulfonamides is 1. The van der Waals surface area contributed by atoms with E-state index in [1.165, 1.54) is 29.2 Å². The lowest BCUT2D eigenvalue weighted by Crippen LogP contribution is -2.53. The first-order chi connectivity index (χ1) is 21.7. The molecule has 0 spiro atoms. The molecule has 11 heteroatoms. The van der Waals surface area contributed by atoms with Crippen LogP contribution in [0.15, 0.2) is 103 Å². The molecule has 0 saturated heterocycles. The van der Waals surface area contributed by atoms with Gasteiger partial charge in [-0.1, -0.05) is 78.9 Å². The number of fused-ring (bicyclic) bond motifs is 1. The van der Waals surface area contributed by atoms with E-state index in [9.17, 15) is 22.4 Å². The zero-order chi connectivity index (χ0) is 31.8. The molecule has 0 radical (unpaired) electrons. The van der Waals surface area contributed by atoms with Crippen LogP contribution in [-0.2, 0) is 45.7 Å². The predicted octanol–water partition coefficient (Wildman–Crippen LogP) is 4.27. The number of halogens is 1. The summed E-state index contributed by atoms with van der Waals surface area (Å²) in [6.07, 6.45) is 1.21. The summed E-state index contributed by atoms with van der Waals surface area (Å²) in [6.45, 7) is -0.273. The predicted molar refractivity (Wildman–Crippen MR) is 167 cm³/mol. The largest absolute Gasteiger partial charge is 0.454 e. The number of carbonyl (C=O) groups is 2. The second-order valence-electron chi connectivity index (χ2n) is 10.8. The standard InChI is InChI=1S/C34H34FN3O6S/c1-45(41,42)37(21-26-10-6-3-7-11-26)23-33(39)38(22-27-12-15-29(35)16-13-27)30(18-25-8-4-2-5-9-25)34(40)36-20-28-14-17-31-32(19-28)44-24-43-31/h2-17,19,30H,18,20-24H2,1H3,(H,36,40). The molecular weight excluding hydrogens is 597 g/mol. The number of hydrogen-bond donors (Lipinski definition) is 1. The van der Waals surface area contributed by atoms with Crippen LogP contribution in [0.25, 0.3) is 0 Å². The third-order valence-electron chi connectivity index (χ3n) is 7.42. The van der Waals surface area contributed by atoms with Crippen LogP contribution >= 0.6 is 0 Å². The quantitative estimate of drug-likeness (QED) is 0.236. The number of carbonyl (C=O) groups excluding carboxylic acids is 2. The van der Waals surface area contributed by atoms with E-state index >= 15 is 0 Å². The Morgan fingerprint density at radius 2 is 1.40 bits per heavy atom. The maximum Gasteiger partial charge on any atom is 0.243 e. The van der Waals surface area contributed by atoms with Crippen LogP contribution in [-0.4, -0.2) is 55.1 Å². The van der Waals surface area contributed by atoms with E-state index in [-0.39, 0.29) is 32.8 Å². The number of amides is 2. The van der Waals surface area contributed by atoms with Gasteiger partial charge in [0.2, 0.25) is 28.6 Å². The van der Waals surface area contributed by atoms with Crippen molar-refractivity contribution >= 4 is 21.8 Å². The molecule has 0 aliphatic carbocycles. The third-order valence-corrected chi connectivity index (χ3v) is 8.62. The SMILES string of the molecule is CS(=O)(=O)N(CC(=O)N(Cc1ccc(F)cc1)C(Cc1ccccc1)C(=O)NCc1ccc2c(c1)OCO2)Cc1ccccc1. The molecule has 4 aromatic carbocycles. The summed E-state index contributed by atoms with van der Waals surface area (Å²) in [5.74, 6) is -0.241. The van der Waals surface area contributed by atoms with Gasteiger partial charge in [-0.2, -0.15) is 4.31 Å². The molecule has 234 valence electrons. The van der Waals surface area contributed by atoms with Crippen molar-refractivity contribution in [3.8, 4) is 11.5 Å². The fourth-order valence-electron chi connectivity index (χ4n) is 5.02. The normalized spacial score (nSPS) is 13.0. The van der Waals surface area contributed by atoms with Crippen molar-refractivity contribution in [1.29, 1.82) is 0 Å². The van der Waals surface area contributed by atoms with Gasteiger partial charge < -0.3 is 19.7 Å². The Hall–Kier alpha value is -4.74. The number of hydrogen-bond acceptors (Lipinski definition) is 6. The van der Waals surface area contributed by atoms with Gasteiger partial charge in [0.1, 0.15) is 11.9 Å². The zero-order valence-corrected chi connectivity index (χ0v) is 25.6. The summed E-state index contributed by atoms with van der Waals surface area (Å²) in [4.78, 5) is 29.5. The smallest absolute Gasteiger partial charge is 0.243 e. The van der Waals surface area contributed by atoms with Gasteiger partial charge in [-0.25, -0.2) is 12.8 Å². The van der Waals surface area contributed by atoms with E-state index < -0.39 is 40.2 Å². The third kappa shape index (κ3) is 8.68. The summed E-state index contributed by atoms with van der Waals surface area (Å²) < 4.78 is 51.4. The fourth-order valence-corrected chi connectivity index (χ4v) is 5.75. The first-order valence-corrected chi connectivity index (χ1v) is 16.2. The Morgan fingerprint density at radius 1 is 0.800 bits per heavy atom. The molecule has 4 aromatic rings. The molecule has 1 aliphatic rings. The Balaban J connectivity index is 1.45. The summed E-state index contributed by atoms with van der Waals surface area (Å²) in [6, 6.07) is 28.2. The van der Waals surface area contributed by atoms with E-state index in [4.69, 9.17) is 9.47 Å². The van der Waals surface area contributed by atoms with Crippen molar-refractivity contribution in [3.63, 3.8) is 0 Å². The molecule has 1 N–H and O–H groups in total. The minimum atomic E-state index is -3.81. The molecule has 45 heavy (non-hydrogen) atoms. The number of benzene rings is 4. The molecule has 1 atom stereocenters. The van der Waals surface area contributed by atoms with Gasteiger partial charge in [-0.05, 0) is 46.5 Å². The van der Waals surface area contributed by atoms with Crippen LogP contribution in [0.5, 0.6) is 11.5 Å². The molecule has 0 saturated carbocycles. The summed E-state index contributed by atoms with van der Waals surface area (Å²) >= 11 is 0. The highest BCUT2D eigenvalue weighted by Crippen LogP contribution is 2.32.